The predicted octanol–water partition coefficient (Wildman–Crippen LogP) is 6.49. The predicted molar refractivity (Wildman–Crippen MR) is 93.9 cm³/mol. The molecular weight excluding hydrogens is 252 g/mol. The van der Waals surface area contributed by atoms with Crippen LogP contribution in [0.5, 0.6) is 0 Å². The zero-order valence-electron chi connectivity index (χ0n) is 14.3. The number of hydrogen-bond donors (Lipinski definition) is 0. The van der Waals surface area contributed by atoms with Gasteiger partial charge in [-0.2, -0.15) is 0 Å². The molecular formula is C21H34. The van der Waals surface area contributed by atoms with Gasteiger partial charge in [0.15, 0.2) is 0 Å². The lowest BCUT2D eigenvalue weighted by Gasteiger charge is -2.22. The first kappa shape index (κ1) is 16.6. The van der Waals surface area contributed by atoms with Crippen molar-refractivity contribution in [3.05, 3.63) is 34.9 Å². The van der Waals surface area contributed by atoms with Gasteiger partial charge >= 0.3 is 0 Å². The van der Waals surface area contributed by atoms with Crippen LogP contribution < -0.4 is 0 Å². The first-order chi connectivity index (χ1) is 10.3. The van der Waals surface area contributed by atoms with Crippen LogP contribution >= 0.6 is 0 Å². The smallest absolute Gasteiger partial charge is 0.0273 e. The minimum Gasteiger partial charge on any atom is -0.0651 e. The highest BCUT2D eigenvalue weighted by Gasteiger charge is 2.14. The quantitative estimate of drug-likeness (QED) is 0.512. The number of rotatable bonds is 8. The van der Waals surface area contributed by atoms with Crippen LogP contribution in [-0.2, 0) is 19.3 Å². The van der Waals surface area contributed by atoms with E-state index in [9.17, 15) is 0 Å². The zero-order chi connectivity index (χ0) is 14.9. The second kappa shape index (κ2) is 9.28. The summed E-state index contributed by atoms with van der Waals surface area (Å²) in [7, 11) is 0. The van der Waals surface area contributed by atoms with E-state index in [1.54, 1.807) is 16.7 Å². The van der Waals surface area contributed by atoms with Gasteiger partial charge in [-0.15, -0.1) is 0 Å². The molecule has 2 rings (SSSR count). The Bertz CT molecular complexity index is 374. The number of aryl methyl sites for hydroxylation is 2. The molecule has 1 saturated carbocycles. The highest BCUT2D eigenvalue weighted by Crippen LogP contribution is 2.29. The lowest BCUT2D eigenvalue weighted by Crippen LogP contribution is -2.07. The van der Waals surface area contributed by atoms with Crippen molar-refractivity contribution >= 4 is 0 Å². The van der Waals surface area contributed by atoms with E-state index < -0.39 is 0 Å². The second-order valence-electron chi connectivity index (χ2n) is 6.95. The molecule has 0 heterocycles. The van der Waals surface area contributed by atoms with Crippen molar-refractivity contribution in [3.8, 4) is 0 Å². The van der Waals surface area contributed by atoms with Crippen molar-refractivity contribution in [1.82, 2.24) is 0 Å². The lowest BCUT2D eigenvalue weighted by molar-refractivity contribution is 0.332. The van der Waals surface area contributed by atoms with Gasteiger partial charge in [0.1, 0.15) is 0 Å². The summed E-state index contributed by atoms with van der Waals surface area (Å²) in [4.78, 5) is 0. The van der Waals surface area contributed by atoms with Crippen molar-refractivity contribution in [1.29, 1.82) is 0 Å². The van der Waals surface area contributed by atoms with Crippen LogP contribution in [0.2, 0.25) is 0 Å². The average Bonchev–Trinajstić information content (AvgIpc) is 2.51. The Morgan fingerprint density at radius 2 is 1.48 bits per heavy atom. The molecule has 0 saturated heterocycles. The van der Waals surface area contributed by atoms with Crippen molar-refractivity contribution in [2.24, 2.45) is 5.92 Å². The summed E-state index contributed by atoms with van der Waals surface area (Å²) in [6.07, 6.45) is 16.7. The fourth-order valence-electron chi connectivity index (χ4n) is 4.06. The lowest BCUT2D eigenvalue weighted by atomic mass is 9.84. The number of benzene rings is 1. The Hall–Kier alpha value is -0.780. The monoisotopic (exact) mass is 286 g/mol. The molecule has 0 atom stereocenters. The van der Waals surface area contributed by atoms with Crippen molar-refractivity contribution < 1.29 is 0 Å². The van der Waals surface area contributed by atoms with E-state index in [-0.39, 0.29) is 0 Å². The van der Waals surface area contributed by atoms with E-state index in [0.717, 1.165) is 5.92 Å². The zero-order valence-corrected chi connectivity index (χ0v) is 14.3. The van der Waals surface area contributed by atoms with Crippen molar-refractivity contribution in [3.63, 3.8) is 0 Å². The van der Waals surface area contributed by atoms with Crippen LogP contribution in [0.4, 0.5) is 0 Å². The molecule has 0 radical (unpaired) electrons. The molecule has 0 spiro atoms. The van der Waals surface area contributed by atoms with Gasteiger partial charge in [0.25, 0.3) is 0 Å². The SMILES string of the molecule is CCCc1cccc(CCC)c1CCCC1CCCCC1. The standard InChI is InChI=1S/C21H34/c1-3-10-19-15-9-16-20(11-4-2)21(19)17-8-14-18-12-6-5-7-13-18/h9,15-16,18H,3-8,10-14,17H2,1-2H3. The highest BCUT2D eigenvalue weighted by molar-refractivity contribution is 5.35. The summed E-state index contributed by atoms with van der Waals surface area (Å²) in [6.45, 7) is 4.61. The van der Waals surface area contributed by atoms with Crippen molar-refractivity contribution in [2.45, 2.75) is 90.9 Å². The molecule has 0 amide bonds. The molecule has 0 aliphatic heterocycles. The molecule has 0 heteroatoms. The Morgan fingerprint density at radius 3 is 2.05 bits per heavy atom. The topological polar surface area (TPSA) is 0 Å². The summed E-state index contributed by atoms with van der Waals surface area (Å²) in [5.41, 5.74) is 4.97. The van der Waals surface area contributed by atoms with Crippen LogP contribution in [0.25, 0.3) is 0 Å². The average molecular weight is 287 g/mol. The van der Waals surface area contributed by atoms with Gasteiger partial charge in [0.05, 0.1) is 0 Å². The third-order valence-electron chi connectivity index (χ3n) is 5.17. The molecule has 21 heavy (non-hydrogen) atoms. The molecule has 1 fully saturated rings. The summed E-state index contributed by atoms with van der Waals surface area (Å²) in [5, 5.41) is 0. The van der Waals surface area contributed by atoms with E-state index in [1.807, 2.05) is 0 Å². The summed E-state index contributed by atoms with van der Waals surface area (Å²) in [5.74, 6) is 1.03. The van der Waals surface area contributed by atoms with Crippen LogP contribution in [0, 0.1) is 5.92 Å². The van der Waals surface area contributed by atoms with Gasteiger partial charge in [0, 0.05) is 0 Å². The first-order valence-electron chi connectivity index (χ1n) is 9.44. The maximum Gasteiger partial charge on any atom is -0.0273 e. The van der Waals surface area contributed by atoms with Gasteiger partial charge in [0.2, 0.25) is 0 Å². The Balaban J connectivity index is 1.95. The van der Waals surface area contributed by atoms with Crippen LogP contribution in [0.15, 0.2) is 18.2 Å². The normalized spacial score (nSPS) is 16.3. The summed E-state index contributed by atoms with van der Waals surface area (Å²) < 4.78 is 0. The van der Waals surface area contributed by atoms with Gasteiger partial charge < -0.3 is 0 Å². The Kier molecular flexibility index (Phi) is 7.33. The van der Waals surface area contributed by atoms with Crippen molar-refractivity contribution in [2.75, 3.05) is 0 Å². The van der Waals surface area contributed by atoms with Gasteiger partial charge in [-0.05, 0) is 48.3 Å². The minimum absolute atomic E-state index is 1.03. The van der Waals surface area contributed by atoms with E-state index in [1.165, 1.54) is 77.0 Å². The Labute approximate surface area is 132 Å². The van der Waals surface area contributed by atoms with E-state index in [2.05, 4.69) is 32.0 Å². The third-order valence-corrected chi connectivity index (χ3v) is 5.17. The van der Waals surface area contributed by atoms with Crippen LogP contribution in [-0.4, -0.2) is 0 Å². The maximum atomic E-state index is 2.37. The molecule has 1 aromatic rings. The molecule has 1 aromatic carbocycles. The third kappa shape index (κ3) is 5.16. The molecule has 0 nitrogen and oxygen atoms in total. The van der Waals surface area contributed by atoms with Crippen LogP contribution in [0.3, 0.4) is 0 Å². The summed E-state index contributed by atoms with van der Waals surface area (Å²) in [6, 6.07) is 7.03. The number of hydrogen-bond acceptors (Lipinski definition) is 0. The molecule has 0 unspecified atom stereocenters. The van der Waals surface area contributed by atoms with Crippen LogP contribution in [0.1, 0.15) is 88.3 Å². The molecule has 118 valence electrons. The maximum absolute atomic E-state index is 2.37. The molecule has 0 aromatic heterocycles. The molecule has 0 N–H and O–H groups in total. The second-order valence-corrected chi connectivity index (χ2v) is 6.95. The van der Waals surface area contributed by atoms with E-state index >= 15 is 0 Å². The van der Waals surface area contributed by atoms with Gasteiger partial charge in [-0.25, -0.2) is 0 Å². The van der Waals surface area contributed by atoms with Gasteiger partial charge in [-0.3, -0.25) is 0 Å². The minimum atomic E-state index is 1.03. The molecule has 1 aliphatic rings. The fraction of sp³-hybridized carbons (Fsp3) is 0.714. The van der Waals surface area contributed by atoms with Gasteiger partial charge in [-0.1, -0.05) is 83.4 Å². The fourth-order valence-corrected chi connectivity index (χ4v) is 4.06. The largest absolute Gasteiger partial charge is 0.0651 e. The summed E-state index contributed by atoms with van der Waals surface area (Å²) >= 11 is 0. The van der Waals surface area contributed by atoms with E-state index in [0.29, 0.717) is 0 Å². The molecule has 0 bridgehead atoms. The molecule has 1 aliphatic carbocycles. The first-order valence-corrected chi connectivity index (χ1v) is 9.44. The highest BCUT2D eigenvalue weighted by atomic mass is 14.2. The Morgan fingerprint density at radius 1 is 0.857 bits per heavy atom. The van der Waals surface area contributed by atoms with E-state index in [4.69, 9.17) is 0 Å².